The average Bonchev–Trinajstić information content (AvgIpc) is 1.87. The van der Waals surface area contributed by atoms with Crippen LogP contribution in [0.15, 0.2) is 37.0 Å². The molecule has 0 aromatic rings. The molecule has 0 aromatic carbocycles. The summed E-state index contributed by atoms with van der Waals surface area (Å²) in [5.74, 6) is 0. The highest BCUT2D eigenvalue weighted by atomic mass is 28.3. The minimum atomic E-state index is -0.587. The van der Waals surface area contributed by atoms with E-state index < -0.39 is 8.80 Å². The predicted octanol–water partition coefficient (Wildman–Crippen LogP) is 2.24. The van der Waals surface area contributed by atoms with Crippen LogP contribution in [0.4, 0.5) is 0 Å². The van der Waals surface area contributed by atoms with Crippen LogP contribution in [0.3, 0.4) is 0 Å². The molecule has 0 saturated carbocycles. The molecule has 0 rings (SSSR count). The van der Waals surface area contributed by atoms with Crippen molar-refractivity contribution in [2.75, 3.05) is 0 Å². The van der Waals surface area contributed by atoms with Gasteiger partial charge in [-0.1, -0.05) is 31.4 Å². The molecule has 0 spiro atoms. The Morgan fingerprint density at radius 1 is 1.30 bits per heavy atom. The fraction of sp³-hybridized carbons (Fsp3) is 0.250. The molecule has 0 bridgehead atoms. The maximum atomic E-state index is 4.99. The Morgan fingerprint density at radius 2 is 2.00 bits per heavy atom. The molecule has 0 fully saturated rings. The van der Waals surface area contributed by atoms with Gasteiger partial charge in [0.1, 0.15) is 0 Å². The molecule has 1 nitrogen and oxygen atoms in total. The molecule has 0 atom stereocenters. The zero-order valence-electron chi connectivity index (χ0n) is 6.58. The standard InChI is InChI=1S/C8H14OSi/c1-4-5-6-9-7-8-10(2)3/h4-8,10H,1H2,2-3H3. The second kappa shape index (κ2) is 6.36. The lowest BCUT2D eigenvalue weighted by Crippen LogP contribution is -1.91. The van der Waals surface area contributed by atoms with Crippen molar-refractivity contribution < 1.29 is 4.74 Å². The summed E-state index contributed by atoms with van der Waals surface area (Å²) in [6.07, 6.45) is 6.78. The van der Waals surface area contributed by atoms with Gasteiger partial charge in [-0.3, -0.25) is 0 Å². The molecule has 2 heteroatoms. The molecule has 0 radical (unpaired) electrons. The fourth-order valence-electron chi connectivity index (χ4n) is 0.349. The molecular formula is C8H14OSi. The lowest BCUT2D eigenvalue weighted by Gasteiger charge is -1.90. The quantitative estimate of drug-likeness (QED) is 0.343. The van der Waals surface area contributed by atoms with Gasteiger partial charge in [-0.15, -0.1) is 0 Å². The van der Waals surface area contributed by atoms with E-state index in [1.165, 1.54) is 0 Å². The van der Waals surface area contributed by atoms with Gasteiger partial charge in [0.05, 0.1) is 21.3 Å². The zero-order chi connectivity index (χ0) is 7.82. The monoisotopic (exact) mass is 154 g/mol. The third-order valence-electron chi connectivity index (χ3n) is 0.835. The summed E-state index contributed by atoms with van der Waals surface area (Å²) in [4.78, 5) is 0. The average molecular weight is 154 g/mol. The van der Waals surface area contributed by atoms with E-state index in [1.807, 2.05) is 0 Å². The van der Waals surface area contributed by atoms with E-state index in [0.29, 0.717) is 0 Å². The molecule has 10 heavy (non-hydrogen) atoms. The van der Waals surface area contributed by atoms with Gasteiger partial charge in [0.25, 0.3) is 0 Å². The smallest absolute Gasteiger partial charge is 0.0900 e. The largest absolute Gasteiger partial charge is 0.473 e. The third-order valence-corrected chi connectivity index (χ3v) is 1.76. The topological polar surface area (TPSA) is 9.23 Å². The number of hydrogen-bond acceptors (Lipinski definition) is 1. The highest BCUT2D eigenvalue weighted by molar-refractivity contribution is 6.61. The SMILES string of the molecule is C=CC=COC=C[SiH](C)C. The molecular weight excluding hydrogens is 140 g/mol. The van der Waals surface area contributed by atoms with Crippen LogP contribution in [0.5, 0.6) is 0 Å². The maximum Gasteiger partial charge on any atom is 0.0900 e. The molecule has 0 aromatic heterocycles. The van der Waals surface area contributed by atoms with E-state index >= 15 is 0 Å². The molecule has 0 aliphatic heterocycles. The number of ether oxygens (including phenoxy) is 1. The predicted molar refractivity (Wildman–Crippen MR) is 48.4 cm³/mol. The Balaban J connectivity index is 3.35. The Morgan fingerprint density at radius 3 is 2.50 bits per heavy atom. The molecule has 0 unspecified atom stereocenters. The highest BCUT2D eigenvalue weighted by Crippen LogP contribution is 1.85. The first-order valence-corrected chi connectivity index (χ1v) is 6.34. The zero-order valence-corrected chi connectivity index (χ0v) is 7.73. The van der Waals surface area contributed by atoms with Gasteiger partial charge in [-0.05, 0) is 6.08 Å². The first-order valence-electron chi connectivity index (χ1n) is 3.37. The molecule has 56 valence electrons. The molecule has 0 heterocycles. The first kappa shape index (κ1) is 9.24. The Labute approximate surface area is 64.3 Å². The number of hydrogen-bond donors (Lipinski definition) is 0. The van der Waals surface area contributed by atoms with Crippen molar-refractivity contribution in [1.29, 1.82) is 0 Å². The van der Waals surface area contributed by atoms with E-state index in [1.54, 1.807) is 24.7 Å². The van der Waals surface area contributed by atoms with Crippen molar-refractivity contribution >= 4 is 8.80 Å². The van der Waals surface area contributed by atoms with Gasteiger partial charge in [-0.2, -0.15) is 0 Å². The van der Waals surface area contributed by atoms with Crippen LogP contribution in [-0.2, 0) is 4.74 Å². The lowest BCUT2D eigenvalue weighted by atomic mass is 10.6. The number of allylic oxidation sites excluding steroid dienone is 2. The van der Waals surface area contributed by atoms with Crippen molar-refractivity contribution in [1.82, 2.24) is 0 Å². The lowest BCUT2D eigenvalue weighted by molar-refractivity contribution is 0.403. The molecule has 0 aliphatic rings. The summed E-state index contributed by atoms with van der Waals surface area (Å²) >= 11 is 0. The van der Waals surface area contributed by atoms with Crippen LogP contribution in [-0.4, -0.2) is 8.80 Å². The summed E-state index contributed by atoms with van der Waals surface area (Å²) in [7, 11) is -0.587. The van der Waals surface area contributed by atoms with E-state index in [-0.39, 0.29) is 0 Å². The van der Waals surface area contributed by atoms with E-state index in [0.717, 1.165) is 0 Å². The second-order valence-corrected chi connectivity index (χ2v) is 5.15. The first-order chi connectivity index (χ1) is 4.77. The summed E-state index contributed by atoms with van der Waals surface area (Å²) in [5.41, 5.74) is 2.12. The van der Waals surface area contributed by atoms with E-state index in [4.69, 9.17) is 4.74 Å². The van der Waals surface area contributed by atoms with Gasteiger partial charge in [0, 0.05) is 0 Å². The molecule has 0 amide bonds. The van der Waals surface area contributed by atoms with Crippen molar-refractivity contribution in [3.63, 3.8) is 0 Å². The van der Waals surface area contributed by atoms with Gasteiger partial charge in [0.15, 0.2) is 0 Å². The van der Waals surface area contributed by atoms with Crippen LogP contribution in [0.2, 0.25) is 13.1 Å². The summed E-state index contributed by atoms with van der Waals surface area (Å²) < 4.78 is 4.99. The van der Waals surface area contributed by atoms with Crippen molar-refractivity contribution in [3.05, 3.63) is 37.0 Å². The maximum absolute atomic E-state index is 4.99. The highest BCUT2D eigenvalue weighted by Gasteiger charge is 1.82. The van der Waals surface area contributed by atoms with Gasteiger partial charge < -0.3 is 4.74 Å². The van der Waals surface area contributed by atoms with Crippen LogP contribution < -0.4 is 0 Å². The molecule has 0 aliphatic carbocycles. The summed E-state index contributed by atoms with van der Waals surface area (Å²) in [6, 6.07) is 0. The molecule has 0 saturated heterocycles. The Kier molecular flexibility index (Phi) is 5.87. The summed E-state index contributed by atoms with van der Waals surface area (Å²) in [5, 5.41) is 0. The van der Waals surface area contributed by atoms with Crippen molar-refractivity contribution in [3.8, 4) is 0 Å². The minimum absolute atomic E-state index is 0.587. The summed E-state index contributed by atoms with van der Waals surface area (Å²) in [6.45, 7) is 7.98. The van der Waals surface area contributed by atoms with E-state index in [9.17, 15) is 0 Å². The fourth-order valence-corrected chi connectivity index (χ4v) is 0.754. The number of rotatable bonds is 4. The van der Waals surface area contributed by atoms with Gasteiger partial charge in [-0.25, -0.2) is 0 Å². The van der Waals surface area contributed by atoms with Crippen molar-refractivity contribution in [2.24, 2.45) is 0 Å². The van der Waals surface area contributed by atoms with E-state index in [2.05, 4.69) is 25.4 Å². The van der Waals surface area contributed by atoms with Crippen LogP contribution in [0.25, 0.3) is 0 Å². The Hall–Kier alpha value is -0.763. The third kappa shape index (κ3) is 7.24. The van der Waals surface area contributed by atoms with Crippen LogP contribution in [0, 0.1) is 0 Å². The van der Waals surface area contributed by atoms with Gasteiger partial charge >= 0.3 is 0 Å². The van der Waals surface area contributed by atoms with Crippen LogP contribution in [0.1, 0.15) is 0 Å². The molecule has 0 N–H and O–H groups in total. The van der Waals surface area contributed by atoms with Crippen molar-refractivity contribution in [2.45, 2.75) is 13.1 Å². The Bertz CT molecular complexity index is 136. The van der Waals surface area contributed by atoms with Crippen LogP contribution >= 0.6 is 0 Å². The normalized spacial score (nSPS) is 11.5. The minimum Gasteiger partial charge on any atom is -0.473 e. The second-order valence-electron chi connectivity index (χ2n) is 2.27. The van der Waals surface area contributed by atoms with Gasteiger partial charge in [0.2, 0.25) is 0 Å².